The predicted molar refractivity (Wildman–Crippen MR) is 148 cm³/mol. The molecule has 212 valence electrons. The zero-order valence-electron chi connectivity index (χ0n) is 22.3. The van der Waals surface area contributed by atoms with Crippen molar-refractivity contribution in [2.75, 3.05) is 37.7 Å². The second kappa shape index (κ2) is 9.15. The predicted octanol–water partition coefficient (Wildman–Crippen LogP) is 4.53. The van der Waals surface area contributed by atoms with Gasteiger partial charge in [-0.2, -0.15) is 9.97 Å². The lowest BCUT2D eigenvalue weighted by Gasteiger charge is -2.32. The average molecular weight is 563 g/mol. The molecule has 8 rings (SSSR count). The number of benzene rings is 2. The lowest BCUT2D eigenvalue weighted by Crippen LogP contribution is -2.44. The standard InChI is InChI=1S/C30H29F3N6O2/c31-22-4-3-16-9-19(40)11-20(23(16)24(22)32)26-25(33)27-21(13-35-26)28(39-14-17-10-18(39)12-34-17)37-29(36-27)41-15-30-5-1-7-38(30)8-2-6-30/h3-4,9,11,13,17-18,34,40H,1-2,5-8,10,12,14-15H2/t17-,18-/m1/s1. The Morgan fingerprint density at radius 1 is 1.07 bits per heavy atom. The molecule has 4 saturated heterocycles. The highest BCUT2D eigenvalue weighted by atomic mass is 19.2. The minimum Gasteiger partial charge on any atom is -0.508 e. The summed E-state index contributed by atoms with van der Waals surface area (Å²) >= 11 is 0. The van der Waals surface area contributed by atoms with Crippen molar-refractivity contribution in [1.82, 2.24) is 25.2 Å². The van der Waals surface area contributed by atoms with Gasteiger partial charge in [0.1, 0.15) is 29.4 Å². The Balaban J connectivity index is 1.28. The monoisotopic (exact) mass is 562 g/mol. The van der Waals surface area contributed by atoms with E-state index < -0.39 is 17.5 Å². The van der Waals surface area contributed by atoms with Gasteiger partial charge in [0.05, 0.1) is 10.9 Å². The number of ether oxygens (including phenoxy) is 1. The molecule has 4 aliphatic rings. The summed E-state index contributed by atoms with van der Waals surface area (Å²) in [6, 6.07) is 5.44. The molecule has 2 N–H and O–H groups in total. The minimum atomic E-state index is -1.14. The number of hydrogen-bond donors (Lipinski definition) is 2. The lowest BCUT2D eigenvalue weighted by molar-refractivity contribution is 0.108. The maximum absolute atomic E-state index is 16.5. The first kappa shape index (κ1) is 25.0. The molecule has 0 radical (unpaired) electrons. The van der Waals surface area contributed by atoms with Gasteiger partial charge in [0.15, 0.2) is 17.5 Å². The Kier molecular flexibility index (Phi) is 5.59. The van der Waals surface area contributed by atoms with Crippen molar-refractivity contribution in [3.8, 4) is 23.0 Å². The van der Waals surface area contributed by atoms with E-state index in [-0.39, 0.29) is 50.9 Å². The van der Waals surface area contributed by atoms with Crippen molar-refractivity contribution in [3.63, 3.8) is 0 Å². The van der Waals surface area contributed by atoms with Gasteiger partial charge < -0.3 is 20.1 Å². The van der Waals surface area contributed by atoms with Gasteiger partial charge in [0.2, 0.25) is 0 Å². The van der Waals surface area contributed by atoms with Crippen molar-refractivity contribution in [2.45, 2.75) is 49.7 Å². The first-order valence-electron chi connectivity index (χ1n) is 14.3. The molecule has 2 atom stereocenters. The van der Waals surface area contributed by atoms with Crippen LogP contribution in [0.15, 0.2) is 30.5 Å². The summed E-state index contributed by atoms with van der Waals surface area (Å²) in [6.07, 6.45) is 6.78. The van der Waals surface area contributed by atoms with Crippen LogP contribution in [0.1, 0.15) is 32.1 Å². The van der Waals surface area contributed by atoms with Crippen molar-refractivity contribution in [3.05, 3.63) is 47.9 Å². The number of phenolic OH excluding ortho intramolecular Hbond substituents is 1. The molecular weight excluding hydrogens is 533 g/mol. The molecule has 4 aliphatic heterocycles. The molecule has 0 aliphatic carbocycles. The molecule has 2 aromatic carbocycles. The number of nitrogens with zero attached hydrogens (tertiary/aromatic N) is 5. The highest BCUT2D eigenvalue weighted by Crippen LogP contribution is 2.41. The highest BCUT2D eigenvalue weighted by Gasteiger charge is 2.45. The van der Waals surface area contributed by atoms with Crippen LogP contribution in [0.25, 0.3) is 32.9 Å². The molecule has 0 saturated carbocycles. The molecule has 4 aromatic rings. The van der Waals surface area contributed by atoms with Gasteiger partial charge in [-0.1, -0.05) is 6.07 Å². The molecule has 0 spiro atoms. The maximum Gasteiger partial charge on any atom is 0.319 e. The van der Waals surface area contributed by atoms with Crippen molar-refractivity contribution < 1.29 is 23.0 Å². The number of pyridine rings is 1. The number of anilines is 1. The molecule has 11 heteroatoms. The van der Waals surface area contributed by atoms with Crippen molar-refractivity contribution in [2.24, 2.45) is 0 Å². The van der Waals surface area contributed by atoms with E-state index in [0.717, 1.165) is 64.3 Å². The number of aromatic nitrogens is 3. The van der Waals surface area contributed by atoms with Gasteiger partial charge in [0.25, 0.3) is 0 Å². The first-order valence-corrected chi connectivity index (χ1v) is 14.3. The van der Waals surface area contributed by atoms with Crippen LogP contribution >= 0.6 is 0 Å². The minimum absolute atomic E-state index is 0.00811. The number of piperazine rings is 1. The zero-order valence-corrected chi connectivity index (χ0v) is 22.3. The van der Waals surface area contributed by atoms with E-state index in [1.54, 1.807) is 0 Å². The molecule has 2 bridgehead atoms. The van der Waals surface area contributed by atoms with Gasteiger partial charge in [-0.05, 0) is 68.8 Å². The third-order valence-electron chi connectivity index (χ3n) is 9.50. The SMILES string of the molecule is Oc1cc(-c2ncc3c(N4C[C@H]5C[C@@H]4CN5)nc(OCC45CCCN4CCC5)nc3c2F)c2c(F)c(F)ccc2c1. The van der Waals surface area contributed by atoms with E-state index in [0.29, 0.717) is 23.9 Å². The summed E-state index contributed by atoms with van der Waals surface area (Å²) in [7, 11) is 0. The fraction of sp³-hybridized carbons (Fsp3) is 0.433. The molecule has 6 heterocycles. The number of aromatic hydroxyl groups is 1. The summed E-state index contributed by atoms with van der Waals surface area (Å²) in [5.74, 6) is -2.68. The number of halogens is 3. The van der Waals surface area contributed by atoms with E-state index in [1.165, 1.54) is 24.4 Å². The molecular formula is C30H29F3N6O2. The van der Waals surface area contributed by atoms with Gasteiger partial charge in [-0.25, -0.2) is 13.2 Å². The highest BCUT2D eigenvalue weighted by molar-refractivity contribution is 6.00. The van der Waals surface area contributed by atoms with Crippen molar-refractivity contribution >= 4 is 27.5 Å². The Hall–Kier alpha value is -3.70. The summed E-state index contributed by atoms with van der Waals surface area (Å²) in [4.78, 5) is 18.3. The quantitative estimate of drug-likeness (QED) is 0.367. The van der Waals surface area contributed by atoms with Crippen LogP contribution in [-0.4, -0.2) is 75.4 Å². The number of hydrogen-bond acceptors (Lipinski definition) is 8. The third kappa shape index (κ3) is 3.85. The van der Waals surface area contributed by atoms with Crippen molar-refractivity contribution in [1.29, 1.82) is 0 Å². The smallest absolute Gasteiger partial charge is 0.319 e. The van der Waals surface area contributed by atoms with Crippen LogP contribution in [-0.2, 0) is 0 Å². The fourth-order valence-corrected chi connectivity index (χ4v) is 7.54. The van der Waals surface area contributed by atoms with E-state index in [4.69, 9.17) is 9.72 Å². The number of phenols is 1. The third-order valence-corrected chi connectivity index (χ3v) is 9.50. The maximum atomic E-state index is 16.5. The molecule has 0 amide bonds. The molecule has 41 heavy (non-hydrogen) atoms. The van der Waals surface area contributed by atoms with Gasteiger partial charge in [-0.3, -0.25) is 9.88 Å². The van der Waals surface area contributed by atoms with Gasteiger partial charge in [-0.15, -0.1) is 0 Å². The summed E-state index contributed by atoms with van der Waals surface area (Å²) < 4.78 is 52.0. The Morgan fingerprint density at radius 3 is 2.66 bits per heavy atom. The lowest BCUT2D eigenvalue weighted by atomic mass is 9.95. The normalized spacial score (nSPS) is 23.2. The van der Waals surface area contributed by atoms with E-state index >= 15 is 8.78 Å². The largest absolute Gasteiger partial charge is 0.508 e. The average Bonchev–Trinajstić information content (AvgIpc) is 3.76. The Labute approximate surface area is 234 Å². The van der Waals surface area contributed by atoms with E-state index in [9.17, 15) is 9.50 Å². The fourth-order valence-electron chi connectivity index (χ4n) is 7.54. The number of rotatable bonds is 5. The molecule has 8 nitrogen and oxygen atoms in total. The summed E-state index contributed by atoms with van der Waals surface area (Å²) in [6.45, 7) is 4.05. The zero-order chi connectivity index (χ0) is 27.9. The summed E-state index contributed by atoms with van der Waals surface area (Å²) in [5.41, 5.74) is -0.348. The van der Waals surface area contributed by atoms with Crippen LogP contribution in [0.3, 0.4) is 0 Å². The van der Waals surface area contributed by atoms with E-state index in [2.05, 4.69) is 25.1 Å². The Bertz CT molecular complexity index is 1710. The number of nitrogens with one attached hydrogen (secondary N) is 1. The molecule has 4 fully saturated rings. The van der Waals surface area contributed by atoms with Crippen LogP contribution in [0.2, 0.25) is 0 Å². The second-order valence-electron chi connectivity index (χ2n) is 11.8. The topological polar surface area (TPSA) is 86.6 Å². The second-order valence-corrected chi connectivity index (χ2v) is 11.8. The van der Waals surface area contributed by atoms with Crippen LogP contribution in [0.4, 0.5) is 19.0 Å². The van der Waals surface area contributed by atoms with Gasteiger partial charge in [0, 0.05) is 42.3 Å². The molecule has 2 aromatic heterocycles. The van der Waals surface area contributed by atoms with Crippen LogP contribution in [0, 0.1) is 17.5 Å². The van der Waals surface area contributed by atoms with Crippen LogP contribution in [0.5, 0.6) is 11.8 Å². The van der Waals surface area contributed by atoms with Gasteiger partial charge >= 0.3 is 6.01 Å². The van der Waals surface area contributed by atoms with Crippen LogP contribution < -0.4 is 15.0 Å². The number of fused-ring (bicyclic) bond motifs is 5. The summed E-state index contributed by atoms with van der Waals surface area (Å²) in [5, 5.41) is 14.3. The molecule has 0 unspecified atom stereocenters. The van der Waals surface area contributed by atoms with E-state index in [1.807, 2.05) is 0 Å². The first-order chi connectivity index (χ1) is 19.9. The Morgan fingerprint density at radius 2 is 1.90 bits per heavy atom.